The van der Waals surface area contributed by atoms with Gasteiger partial charge in [0.1, 0.15) is 18.9 Å². The Morgan fingerprint density at radius 1 is 1.07 bits per heavy atom. The van der Waals surface area contributed by atoms with Crippen molar-refractivity contribution in [1.82, 2.24) is 4.31 Å². The van der Waals surface area contributed by atoms with Gasteiger partial charge >= 0.3 is 0 Å². The van der Waals surface area contributed by atoms with Crippen molar-refractivity contribution in [2.75, 3.05) is 26.4 Å². The molecule has 140 valence electrons. The number of carbonyl (C=O) groups is 1. The number of rotatable bonds is 3. The van der Waals surface area contributed by atoms with E-state index in [4.69, 9.17) is 9.47 Å². The number of allylic oxidation sites excluding steroid dienone is 1. The number of hydrogen-bond acceptors (Lipinski definition) is 6. The van der Waals surface area contributed by atoms with Gasteiger partial charge in [0.05, 0.1) is 18.0 Å². The summed E-state index contributed by atoms with van der Waals surface area (Å²) in [7, 11) is -3.94. The largest absolute Gasteiger partial charge is 0.486 e. The van der Waals surface area contributed by atoms with Crippen molar-refractivity contribution in [2.45, 2.75) is 4.90 Å². The first-order valence-electron chi connectivity index (χ1n) is 8.41. The average molecular weight is 387 g/mol. The van der Waals surface area contributed by atoms with Crippen molar-refractivity contribution in [1.29, 1.82) is 0 Å². The molecule has 7 nitrogen and oxygen atoms in total. The molecule has 0 saturated heterocycles. The molecule has 0 fully saturated rings. The number of aliphatic hydroxyl groups excluding tert-OH is 1. The Labute approximate surface area is 156 Å². The van der Waals surface area contributed by atoms with Crippen LogP contribution in [0.5, 0.6) is 11.5 Å². The first-order valence-corrected chi connectivity index (χ1v) is 9.85. The fourth-order valence-electron chi connectivity index (χ4n) is 3.16. The van der Waals surface area contributed by atoms with Gasteiger partial charge in [-0.25, -0.2) is 8.42 Å². The number of ketones is 1. The molecule has 0 bridgehead atoms. The summed E-state index contributed by atoms with van der Waals surface area (Å²) in [6, 6.07) is 11.2. The van der Waals surface area contributed by atoms with Crippen LogP contribution in [0, 0.1) is 0 Å². The third-order valence-electron chi connectivity index (χ3n) is 4.37. The van der Waals surface area contributed by atoms with Crippen molar-refractivity contribution >= 4 is 21.9 Å². The maximum absolute atomic E-state index is 13.0. The molecule has 0 spiro atoms. The monoisotopic (exact) mass is 387 g/mol. The van der Waals surface area contributed by atoms with Crippen LogP contribution in [0.25, 0.3) is 6.08 Å². The number of sulfonamides is 1. The van der Waals surface area contributed by atoms with Gasteiger partial charge in [0.25, 0.3) is 10.0 Å². The van der Waals surface area contributed by atoms with Crippen LogP contribution >= 0.6 is 0 Å². The summed E-state index contributed by atoms with van der Waals surface area (Å²) in [6.45, 7) is 0.265. The summed E-state index contributed by atoms with van der Waals surface area (Å²) in [6.07, 6.45) is 1.49. The molecule has 2 aliphatic rings. The van der Waals surface area contributed by atoms with E-state index in [1.165, 1.54) is 18.2 Å². The third kappa shape index (κ3) is 2.96. The maximum atomic E-state index is 13.0. The van der Waals surface area contributed by atoms with Crippen LogP contribution in [0.4, 0.5) is 0 Å². The zero-order chi connectivity index (χ0) is 19.0. The first-order chi connectivity index (χ1) is 13.0. The molecule has 2 aromatic rings. The van der Waals surface area contributed by atoms with E-state index < -0.39 is 22.4 Å². The van der Waals surface area contributed by atoms with Gasteiger partial charge in [0.15, 0.2) is 11.5 Å². The number of β-amino-alcohol motifs (C(OH)–C–C–N with tert-alkyl or cyclic N) is 1. The van der Waals surface area contributed by atoms with Crippen LogP contribution < -0.4 is 9.47 Å². The van der Waals surface area contributed by atoms with Crippen molar-refractivity contribution < 1.29 is 27.8 Å². The summed E-state index contributed by atoms with van der Waals surface area (Å²) in [5.41, 5.74) is 0.704. The minimum Gasteiger partial charge on any atom is -0.486 e. The topological polar surface area (TPSA) is 93.1 Å². The van der Waals surface area contributed by atoms with Crippen LogP contribution in [0.15, 0.2) is 53.1 Å². The Hall–Kier alpha value is -2.84. The molecule has 1 N–H and O–H groups in total. The predicted octanol–water partition coefficient (Wildman–Crippen LogP) is 1.68. The van der Waals surface area contributed by atoms with E-state index in [0.29, 0.717) is 30.3 Å². The quantitative estimate of drug-likeness (QED) is 0.806. The van der Waals surface area contributed by atoms with Crippen LogP contribution in [0.3, 0.4) is 0 Å². The summed E-state index contributed by atoms with van der Waals surface area (Å²) in [5, 5.41) is 9.35. The number of fused-ring (bicyclic) bond motifs is 2. The van der Waals surface area contributed by atoms with E-state index in [9.17, 15) is 18.3 Å². The van der Waals surface area contributed by atoms with Crippen LogP contribution in [-0.2, 0) is 10.0 Å². The number of nitrogens with zero attached hydrogens (tertiary/aromatic N) is 1. The molecular weight excluding hydrogens is 370 g/mol. The second-order valence-corrected chi connectivity index (χ2v) is 7.89. The van der Waals surface area contributed by atoms with Crippen molar-refractivity contribution in [2.24, 2.45) is 0 Å². The molecule has 27 heavy (non-hydrogen) atoms. The van der Waals surface area contributed by atoms with Gasteiger partial charge in [-0.15, -0.1) is 0 Å². The molecule has 2 aliphatic heterocycles. The second-order valence-electron chi connectivity index (χ2n) is 6.06. The van der Waals surface area contributed by atoms with Crippen LogP contribution in [0.1, 0.15) is 15.9 Å². The standard InChI is InChI=1S/C19H17NO6S/c21-8-7-20-15(11-13-5-6-16-17(12-13)26-10-9-25-16)19(22)14-3-1-2-4-18(14)27(20,23)24/h1-6,11-12,21H,7-10H2. The van der Waals surface area contributed by atoms with E-state index >= 15 is 0 Å². The highest BCUT2D eigenvalue weighted by molar-refractivity contribution is 7.89. The highest BCUT2D eigenvalue weighted by Crippen LogP contribution is 2.35. The molecular formula is C19H17NO6S. The number of aliphatic hydroxyl groups is 1. The molecule has 0 saturated carbocycles. The van der Waals surface area contributed by atoms with Gasteiger partial charge in [-0.05, 0) is 35.9 Å². The van der Waals surface area contributed by atoms with Crippen molar-refractivity contribution in [3.8, 4) is 11.5 Å². The SMILES string of the molecule is O=C1C(=Cc2ccc3c(c2)OCCO3)N(CCO)S(=O)(=O)c2ccccc21. The molecule has 4 rings (SSSR count). The summed E-state index contributed by atoms with van der Waals surface area (Å²) in [5.74, 6) is 0.725. The molecule has 8 heteroatoms. The lowest BCUT2D eigenvalue weighted by Gasteiger charge is -2.30. The van der Waals surface area contributed by atoms with Gasteiger partial charge in [0, 0.05) is 5.56 Å². The molecule has 2 heterocycles. The molecule has 0 amide bonds. The lowest BCUT2D eigenvalue weighted by molar-refractivity contribution is 0.0998. The number of hydrogen-bond donors (Lipinski definition) is 1. The number of benzene rings is 2. The fourth-order valence-corrected chi connectivity index (χ4v) is 4.80. The average Bonchev–Trinajstić information content (AvgIpc) is 2.69. The Morgan fingerprint density at radius 2 is 1.81 bits per heavy atom. The number of carbonyl (C=O) groups excluding carboxylic acids is 1. The van der Waals surface area contributed by atoms with E-state index in [1.807, 2.05) is 0 Å². The summed E-state index contributed by atoms with van der Waals surface area (Å²) >= 11 is 0. The number of ether oxygens (including phenoxy) is 2. The van der Waals surface area contributed by atoms with Crippen molar-refractivity contribution in [3.63, 3.8) is 0 Å². The highest BCUT2D eigenvalue weighted by atomic mass is 32.2. The third-order valence-corrected chi connectivity index (χ3v) is 6.25. The Morgan fingerprint density at radius 3 is 2.59 bits per heavy atom. The Bertz CT molecular complexity index is 1040. The lowest BCUT2D eigenvalue weighted by atomic mass is 10.0. The number of Topliss-reactive ketones (excluding diaryl/α,β-unsaturated/α-hetero) is 1. The van der Waals surface area contributed by atoms with Crippen LogP contribution in [0.2, 0.25) is 0 Å². The molecule has 0 atom stereocenters. The Kier molecular flexibility index (Phi) is 4.37. The predicted molar refractivity (Wildman–Crippen MR) is 97.2 cm³/mol. The van der Waals surface area contributed by atoms with Gasteiger partial charge in [-0.1, -0.05) is 18.2 Å². The van der Waals surface area contributed by atoms with Gasteiger partial charge in [-0.2, -0.15) is 0 Å². The molecule has 0 unspecified atom stereocenters. The first kappa shape index (κ1) is 17.6. The van der Waals surface area contributed by atoms with Gasteiger partial charge in [-0.3, -0.25) is 9.10 Å². The second kappa shape index (κ2) is 6.71. The summed E-state index contributed by atoms with van der Waals surface area (Å²) < 4.78 is 37.9. The zero-order valence-electron chi connectivity index (χ0n) is 14.3. The molecule has 0 aliphatic carbocycles. The van der Waals surface area contributed by atoms with Gasteiger partial charge < -0.3 is 14.6 Å². The highest BCUT2D eigenvalue weighted by Gasteiger charge is 2.38. The normalized spacial score (nSPS) is 19.1. The maximum Gasteiger partial charge on any atom is 0.265 e. The molecule has 2 aromatic carbocycles. The fraction of sp³-hybridized carbons (Fsp3) is 0.211. The lowest BCUT2D eigenvalue weighted by Crippen LogP contribution is -2.40. The summed E-state index contributed by atoms with van der Waals surface area (Å²) in [4.78, 5) is 12.9. The van der Waals surface area contributed by atoms with Gasteiger partial charge in [0.2, 0.25) is 5.78 Å². The van der Waals surface area contributed by atoms with Crippen molar-refractivity contribution in [3.05, 3.63) is 59.3 Å². The Balaban J connectivity index is 1.85. The van der Waals surface area contributed by atoms with E-state index in [0.717, 1.165) is 4.31 Å². The molecule has 0 radical (unpaired) electrons. The zero-order valence-corrected chi connectivity index (χ0v) is 15.1. The minimum absolute atomic E-state index is 0.0144. The van der Waals surface area contributed by atoms with E-state index in [2.05, 4.69) is 0 Å². The van der Waals surface area contributed by atoms with E-state index in [1.54, 1.807) is 30.3 Å². The molecule has 0 aromatic heterocycles. The minimum atomic E-state index is -3.94. The smallest absolute Gasteiger partial charge is 0.265 e. The van der Waals surface area contributed by atoms with Crippen LogP contribution in [-0.4, -0.2) is 50.0 Å². The van der Waals surface area contributed by atoms with E-state index in [-0.39, 0.29) is 22.7 Å².